The number of halogens is 5. The van der Waals surface area contributed by atoms with E-state index in [0.717, 1.165) is 0 Å². The van der Waals surface area contributed by atoms with Crippen molar-refractivity contribution in [3.05, 3.63) is 34.9 Å². The van der Waals surface area contributed by atoms with Gasteiger partial charge in [0.2, 0.25) is 0 Å². The van der Waals surface area contributed by atoms with Gasteiger partial charge in [-0.15, -0.1) is 0 Å². The average Bonchev–Trinajstić information content (AvgIpc) is 2.26. The fraction of sp³-hybridized carbons (Fsp3) is 0.364. The van der Waals surface area contributed by atoms with E-state index in [0.29, 0.717) is 17.1 Å². The first kappa shape index (κ1) is 16.4. The Morgan fingerprint density at radius 1 is 1.33 bits per heavy atom. The molecule has 0 aliphatic heterocycles. The van der Waals surface area contributed by atoms with E-state index in [4.69, 9.17) is 51.1 Å². The van der Waals surface area contributed by atoms with Crippen LogP contribution in [0.1, 0.15) is 12.0 Å². The lowest BCUT2D eigenvalue weighted by Crippen LogP contribution is -2.35. The van der Waals surface area contributed by atoms with E-state index in [1.54, 1.807) is 24.3 Å². The van der Waals surface area contributed by atoms with Gasteiger partial charge in [-0.2, -0.15) is 0 Å². The largest absolute Gasteiger partial charge is 0.455 e. The second-order valence-corrected chi connectivity index (χ2v) is 7.16. The van der Waals surface area contributed by atoms with Crippen LogP contribution in [0.25, 0.3) is 0 Å². The minimum absolute atomic E-state index is 0.00893. The summed E-state index contributed by atoms with van der Waals surface area (Å²) in [6.07, 6.45) is 0.00893. The molecule has 7 heteroatoms. The molecule has 0 heterocycles. The highest BCUT2D eigenvalue weighted by atomic mass is 79.9. The van der Waals surface area contributed by atoms with Gasteiger partial charge >= 0.3 is 0 Å². The molecule has 2 nitrogen and oxygen atoms in total. The van der Waals surface area contributed by atoms with Crippen molar-refractivity contribution in [3.63, 3.8) is 0 Å². The van der Waals surface area contributed by atoms with Gasteiger partial charge in [-0.3, -0.25) is 4.79 Å². The fourth-order valence-electron chi connectivity index (χ4n) is 1.56. The Morgan fingerprint density at radius 2 is 2.00 bits per heavy atom. The van der Waals surface area contributed by atoms with Crippen molar-refractivity contribution in [3.8, 4) is 0 Å². The monoisotopic (exact) mass is 392 g/mol. The molecule has 1 atom stereocenters. The number of alkyl halides is 4. The van der Waals surface area contributed by atoms with E-state index >= 15 is 0 Å². The van der Waals surface area contributed by atoms with E-state index in [1.165, 1.54) is 0 Å². The Labute approximate surface area is 134 Å². The molecule has 0 aliphatic carbocycles. The summed E-state index contributed by atoms with van der Waals surface area (Å²) in [5.41, 5.74) is -0.414. The molecular weight excluding hydrogens is 386 g/mol. The highest BCUT2D eigenvalue weighted by molar-refractivity contribution is 9.09. The van der Waals surface area contributed by atoms with Crippen LogP contribution in [-0.2, 0) is 15.1 Å². The predicted molar refractivity (Wildman–Crippen MR) is 79.0 cm³/mol. The van der Waals surface area contributed by atoms with Crippen LogP contribution in [0.15, 0.2) is 24.3 Å². The molecule has 1 unspecified atom stereocenters. The topological polar surface area (TPSA) is 26.3 Å². The number of benzene rings is 1. The minimum atomic E-state index is -1.56. The SMILES string of the molecule is O=COC(CBr)(CC(Cl)(Cl)Cl)c1cccc(Cl)c1. The van der Waals surface area contributed by atoms with Gasteiger partial charge in [0.15, 0.2) is 9.39 Å². The summed E-state index contributed by atoms with van der Waals surface area (Å²) in [6, 6.07) is 6.87. The third-order valence-corrected chi connectivity index (χ3v) is 3.87. The van der Waals surface area contributed by atoms with Crippen LogP contribution in [-0.4, -0.2) is 15.6 Å². The number of hydrogen-bond donors (Lipinski definition) is 0. The summed E-state index contributed by atoms with van der Waals surface area (Å²) in [5.74, 6) is 0. The van der Waals surface area contributed by atoms with Crippen molar-refractivity contribution < 1.29 is 9.53 Å². The van der Waals surface area contributed by atoms with E-state index in [2.05, 4.69) is 15.9 Å². The molecule has 0 radical (unpaired) electrons. The van der Waals surface area contributed by atoms with Gasteiger partial charge in [0.25, 0.3) is 6.47 Å². The first-order valence-corrected chi connectivity index (χ1v) is 7.46. The lowest BCUT2D eigenvalue weighted by molar-refractivity contribution is -0.142. The molecule has 0 saturated carbocycles. The van der Waals surface area contributed by atoms with Crippen molar-refractivity contribution in [1.29, 1.82) is 0 Å². The lowest BCUT2D eigenvalue weighted by Gasteiger charge is -2.33. The Balaban J connectivity index is 3.22. The van der Waals surface area contributed by atoms with Crippen LogP contribution >= 0.6 is 62.3 Å². The van der Waals surface area contributed by atoms with Crippen molar-refractivity contribution in [2.75, 3.05) is 5.33 Å². The van der Waals surface area contributed by atoms with Gasteiger partial charge in [0.05, 0.1) is 0 Å². The van der Waals surface area contributed by atoms with E-state index in [9.17, 15) is 4.79 Å². The van der Waals surface area contributed by atoms with Gasteiger partial charge in [-0.1, -0.05) is 74.5 Å². The van der Waals surface area contributed by atoms with Crippen LogP contribution in [0.3, 0.4) is 0 Å². The molecule has 0 saturated heterocycles. The maximum atomic E-state index is 10.7. The van der Waals surface area contributed by atoms with Crippen molar-refractivity contribution in [2.45, 2.75) is 15.8 Å². The Hall–Kier alpha value is 0.330. The third kappa shape index (κ3) is 4.46. The Kier molecular flexibility index (Phi) is 6.07. The zero-order valence-electron chi connectivity index (χ0n) is 9.01. The summed E-state index contributed by atoms with van der Waals surface area (Å²) in [7, 11) is 0. The lowest BCUT2D eigenvalue weighted by atomic mass is 9.93. The van der Waals surface area contributed by atoms with Crippen molar-refractivity contribution in [1.82, 2.24) is 0 Å². The van der Waals surface area contributed by atoms with Gasteiger partial charge in [-0.05, 0) is 17.7 Å². The Morgan fingerprint density at radius 3 is 2.44 bits per heavy atom. The van der Waals surface area contributed by atoms with E-state index < -0.39 is 9.39 Å². The number of hydrogen-bond acceptors (Lipinski definition) is 2. The van der Waals surface area contributed by atoms with Crippen LogP contribution < -0.4 is 0 Å². The molecular formula is C11H9BrCl4O2. The minimum Gasteiger partial charge on any atom is -0.455 e. The van der Waals surface area contributed by atoms with Gasteiger partial charge in [0.1, 0.15) is 0 Å². The third-order valence-electron chi connectivity index (χ3n) is 2.33. The molecule has 0 bridgehead atoms. The summed E-state index contributed by atoms with van der Waals surface area (Å²) < 4.78 is 3.60. The molecule has 0 amide bonds. The zero-order valence-corrected chi connectivity index (χ0v) is 13.6. The number of rotatable bonds is 5. The molecule has 0 spiro atoms. The first-order chi connectivity index (χ1) is 8.33. The summed E-state index contributed by atoms with van der Waals surface area (Å²) in [5, 5.41) is 0.795. The second kappa shape index (κ2) is 6.67. The summed E-state index contributed by atoms with van der Waals surface area (Å²) >= 11 is 26.6. The number of ether oxygens (including phenoxy) is 1. The maximum absolute atomic E-state index is 10.7. The smallest absolute Gasteiger partial charge is 0.294 e. The van der Waals surface area contributed by atoms with Crippen LogP contribution in [0.2, 0.25) is 5.02 Å². The van der Waals surface area contributed by atoms with E-state index in [1.807, 2.05) is 0 Å². The first-order valence-electron chi connectivity index (χ1n) is 4.83. The molecule has 1 rings (SSSR count). The van der Waals surface area contributed by atoms with Crippen molar-refractivity contribution >= 4 is 68.8 Å². The number of carbonyl (C=O) groups excluding carboxylic acids is 1. The molecule has 1 aromatic carbocycles. The summed E-state index contributed by atoms with van der Waals surface area (Å²) in [6.45, 7) is 0.332. The van der Waals surface area contributed by atoms with Crippen LogP contribution in [0.5, 0.6) is 0 Å². The molecule has 100 valence electrons. The highest BCUT2D eigenvalue weighted by Crippen LogP contribution is 2.43. The average molecular weight is 395 g/mol. The molecule has 0 aromatic heterocycles. The standard InChI is InChI=1S/C11H9BrCl4O2/c12-6-10(18-7-17,5-11(14,15)16)8-2-1-3-9(13)4-8/h1-4,7H,5-6H2. The molecule has 0 fully saturated rings. The zero-order chi connectivity index (χ0) is 13.8. The highest BCUT2D eigenvalue weighted by Gasteiger charge is 2.41. The molecule has 0 aliphatic rings. The molecule has 1 aromatic rings. The second-order valence-electron chi connectivity index (χ2n) is 3.64. The van der Waals surface area contributed by atoms with Gasteiger partial charge < -0.3 is 4.74 Å². The Bertz CT molecular complexity index is 422. The normalized spacial score (nSPS) is 14.9. The number of carbonyl (C=O) groups is 1. The fourth-order valence-corrected chi connectivity index (χ4v) is 3.05. The van der Waals surface area contributed by atoms with Gasteiger partial charge in [-0.25, -0.2) is 0 Å². The van der Waals surface area contributed by atoms with Crippen LogP contribution in [0, 0.1) is 0 Å². The quantitative estimate of drug-likeness (QED) is 0.526. The summed E-state index contributed by atoms with van der Waals surface area (Å²) in [4.78, 5) is 10.7. The van der Waals surface area contributed by atoms with Gasteiger partial charge in [0, 0.05) is 16.8 Å². The maximum Gasteiger partial charge on any atom is 0.294 e. The predicted octanol–water partition coefficient (Wildman–Crippen LogP) is 4.86. The van der Waals surface area contributed by atoms with Crippen LogP contribution in [0.4, 0.5) is 0 Å². The van der Waals surface area contributed by atoms with E-state index in [-0.39, 0.29) is 11.8 Å². The molecule has 0 N–H and O–H groups in total. The molecule has 18 heavy (non-hydrogen) atoms. The van der Waals surface area contributed by atoms with Crippen molar-refractivity contribution in [2.24, 2.45) is 0 Å².